The highest BCUT2D eigenvalue weighted by molar-refractivity contribution is 4.74. The van der Waals surface area contributed by atoms with Gasteiger partial charge in [0, 0.05) is 12.1 Å². The topological polar surface area (TPSA) is 47.3 Å². The van der Waals surface area contributed by atoms with Gasteiger partial charge in [-0.2, -0.15) is 0 Å². The van der Waals surface area contributed by atoms with Crippen LogP contribution in [0.1, 0.15) is 47.5 Å². The summed E-state index contributed by atoms with van der Waals surface area (Å²) in [5.74, 6) is 0. The number of nitrogens with two attached hydrogens (primary N) is 1. The average Bonchev–Trinajstić information content (AvgIpc) is 2.09. The van der Waals surface area contributed by atoms with Crippen LogP contribution in [0.3, 0.4) is 0 Å². The summed E-state index contributed by atoms with van der Waals surface area (Å²) in [5, 5.41) is 3.40. The molecule has 0 aliphatic rings. The number of hydrogen-bond acceptors (Lipinski definition) is 3. The van der Waals surface area contributed by atoms with Crippen LogP contribution in [-0.4, -0.2) is 30.8 Å². The summed E-state index contributed by atoms with van der Waals surface area (Å²) in [6, 6.07) is 0.608. The third-order valence-corrected chi connectivity index (χ3v) is 2.28. The Kier molecular flexibility index (Phi) is 7.14. The summed E-state index contributed by atoms with van der Waals surface area (Å²) in [5.41, 5.74) is 5.65. The molecular weight excluding hydrogens is 188 g/mol. The summed E-state index contributed by atoms with van der Waals surface area (Å²) < 4.78 is 5.86. The lowest BCUT2D eigenvalue weighted by Gasteiger charge is -2.29. The predicted molar refractivity (Wildman–Crippen MR) is 66.1 cm³/mol. The monoisotopic (exact) mass is 216 g/mol. The maximum Gasteiger partial charge on any atom is 0.0641 e. The lowest BCUT2D eigenvalue weighted by Crippen LogP contribution is -2.38. The molecule has 15 heavy (non-hydrogen) atoms. The molecule has 3 N–H and O–H groups in total. The van der Waals surface area contributed by atoms with Crippen LogP contribution in [0.5, 0.6) is 0 Å². The molecule has 0 aromatic heterocycles. The van der Waals surface area contributed by atoms with Gasteiger partial charge in [0.25, 0.3) is 0 Å². The fraction of sp³-hybridized carbons (Fsp3) is 1.00. The van der Waals surface area contributed by atoms with Crippen molar-refractivity contribution in [3.05, 3.63) is 0 Å². The molecule has 0 amide bonds. The molecule has 0 aromatic carbocycles. The van der Waals surface area contributed by atoms with E-state index in [0.29, 0.717) is 6.04 Å². The molecule has 0 heterocycles. The van der Waals surface area contributed by atoms with Crippen LogP contribution in [0.2, 0.25) is 0 Å². The molecule has 0 aromatic rings. The lowest BCUT2D eigenvalue weighted by molar-refractivity contribution is -0.0345. The first kappa shape index (κ1) is 14.9. The summed E-state index contributed by atoms with van der Waals surface area (Å²) in [6.45, 7) is 12.3. The van der Waals surface area contributed by atoms with Crippen molar-refractivity contribution in [3.8, 4) is 0 Å². The van der Waals surface area contributed by atoms with Crippen molar-refractivity contribution < 1.29 is 4.74 Å². The first-order valence-electron chi connectivity index (χ1n) is 6.00. The van der Waals surface area contributed by atoms with E-state index in [-0.39, 0.29) is 11.6 Å². The van der Waals surface area contributed by atoms with Crippen LogP contribution in [0.15, 0.2) is 0 Å². The highest BCUT2D eigenvalue weighted by Gasteiger charge is 2.20. The summed E-state index contributed by atoms with van der Waals surface area (Å²) in [7, 11) is 0. The molecule has 0 fully saturated rings. The minimum Gasteiger partial charge on any atom is -0.374 e. The van der Waals surface area contributed by atoms with Crippen LogP contribution < -0.4 is 11.1 Å². The van der Waals surface area contributed by atoms with Gasteiger partial charge in [0.1, 0.15) is 0 Å². The molecule has 0 saturated heterocycles. The number of hydrogen-bond donors (Lipinski definition) is 2. The fourth-order valence-electron chi connectivity index (χ4n) is 1.63. The molecule has 3 nitrogen and oxygen atoms in total. The van der Waals surface area contributed by atoms with E-state index in [1.54, 1.807) is 0 Å². The Morgan fingerprint density at radius 2 is 1.93 bits per heavy atom. The van der Waals surface area contributed by atoms with Crippen LogP contribution in [0, 0.1) is 0 Å². The molecule has 0 radical (unpaired) electrons. The van der Waals surface area contributed by atoms with Crippen LogP contribution >= 0.6 is 0 Å². The van der Waals surface area contributed by atoms with Gasteiger partial charge in [-0.05, 0) is 47.1 Å². The van der Waals surface area contributed by atoms with Gasteiger partial charge < -0.3 is 15.8 Å². The normalized spacial score (nSPS) is 16.4. The van der Waals surface area contributed by atoms with Gasteiger partial charge in [0.05, 0.1) is 12.2 Å². The zero-order valence-corrected chi connectivity index (χ0v) is 11.0. The quantitative estimate of drug-likeness (QED) is 0.651. The van der Waals surface area contributed by atoms with Crippen LogP contribution in [0.25, 0.3) is 0 Å². The Labute approximate surface area is 94.8 Å². The molecule has 92 valence electrons. The predicted octanol–water partition coefficient (Wildman–Crippen LogP) is 1.91. The second-order valence-corrected chi connectivity index (χ2v) is 5.11. The van der Waals surface area contributed by atoms with E-state index in [1.165, 1.54) is 0 Å². The molecule has 0 aliphatic carbocycles. The molecule has 0 spiro atoms. The second-order valence-electron chi connectivity index (χ2n) is 5.11. The molecule has 0 rings (SSSR count). The minimum atomic E-state index is -0.115. The van der Waals surface area contributed by atoms with Crippen molar-refractivity contribution in [1.82, 2.24) is 5.32 Å². The van der Waals surface area contributed by atoms with Crippen molar-refractivity contribution in [2.75, 3.05) is 13.2 Å². The maximum atomic E-state index is 5.86. The Bertz CT molecular complexity index is 158. The highest BCUT2D eigenvalue weighted by Crippen LogP contribution is 2.16. The standard InChI is InChI=1S/C12H28N2O/c1-6-7-14-11(3)9-15-12(4,5)8-10(2)13/h10-11,14H,6-9,13H2,1-5H3. The van der Waals surface area contributed by atoms with Gasteiger partial charge in [0.2, 0.25) is 0 Å². The van der Waals surface area contributed by atoms with Crippen molar-refractivity contribution in [1.29, 1.82) is 0 Å². The van der Waals surface area contributed by atoms with E-state index in [4.69, 9.17) is 10.5 Å². The maximum absolute atomic E-state index is 5.86. The van der Waals surface area contributed by atoms with E-state index < -0.39 is 0 Å². The second kappa shape index (κ2) is 7.20. The first-order chi connectivity index (χ1) is 6.87. The molecule has 3 heteroatoms. The lowest BCUT2D eigenvalue weighted by atomic mass is 10.0. The summed E-state index contributed by atoms with van der Waals surface area (Å²) in [6.07, 6.45) is 2.06. The third-order valence-electron chi connectivity index (χ3n) is 2.28. The van der Waals surface area contributed by atoms with Crippen molar-refractivity contribution >= 4 is 0 Å². The molecular formula is C12H28N2O. The van der Waals surface area contributed by atoms with E-state index in [9.17, 15) is 0 Å². The van der Waals surface area contributed by atoms with Gasteiger partial charge in [-0.1, -0.05) is 6.92 Å². The average molecular weight is 216 g/mol. The Morgan fingerprint density at radius 1 is 1.33 bits per heavy atom. The minimum absolute atomic E-state index is 0.115. The highest BCUT2D eigenvalue weighted by atomic mass is 16.5. The van der Waals surface area contributed by atoms with Gasteiger partial charge in [-0.3, -0.25) is 0 Å². The summed E-state index contributed by atoms with van der Waals surface area (Å²) >= 11 is 0. The van der Waals surface area contributed by atoms with Crippen LogP contribution in [-0.2, 0) is 4.74 Å². The van der Waals surface area contributed by atoms with Crippen LogP contribution in [0.4, 0.5) is 0 Å². The Balaban J connectivity index is 3.71. The van der Waals surface area contributed by atoms with Gasteiger partial charge in [-0.15, -0.1) is 0 Å². The van der Waals surface area contributed by atoms with Gasteiger partial charge >= 0.3 is 0 Å². The zero-order valence-electron chi connectivity index (χ0n) is 11.0. The number of rotatable bonds is 8. The first-order valence-corrected chi connectivity index (χ1v) is 6.00. The summed E-state index contributed by atoms with van der Waals surface area (Å²) in [4.78, 5) is 0. The van der Waals surface area contributed by atoms with E-state index in [0.717, 1.165) is 26.0 Å². The van der Waals surface area contributed by atoms with Crippen molar-refractivity contribution in [3.63, 3.8) is 0 Å². The van der Waals surface area contributed by atoms with E-state index in [1.807, 2.05) is 6.92 Å². The number of nitrogens with one attached hydrogen (secondary N) is 1. The van der Waals surface area contributed by atoms with Gasteiger partial charge in [0.15, 0.2) is 0 Å². The smallest absolute Gasteiger partial charge is 0.0641 e. The molecule has 0 aliphatic heterocycles. The van der Waals surface area contributed by atoms with E-state index >= 15 is 0 Å². The zero-order chi connectivity index (χ0) is 11.9. The Hall–Kier alpha value is -0.120. The third kappa shape index (κ3) is 8.85. The molecule has 0 saturated carbocycles. The SMILES string of the molecule is CCCNC(C)COC(C)(C)CC(C)N. The van der Waals surface area contributed by atoms with Crippen molar-refractivity contribution in [2.24, 2.45) is 5.73 Å². The van der Waals surface area contributed by atoms with E-state index in [2.05, 4.69) is 33.0 Å². The Morgan fingerprint density at radius 3 is 2.40 bits per heavy atom. The molecule has 0 bridgehead atoms. The number of ether oxygens (including phenoxy) is 1. The molecule has 2 atom stereocenters. The fourth-order valence-corrected chi connectivity index (χ4v) is 1.63. The largest absolute Gasteiger partial charge is 0.374 e. The van der Waals surface area contributed by atoms with Gasteiger partial charge in [-0.25, -0.2) is 0 Å². The van der Waals surface area contributed by atoms with Crippen molar-refractivity contribution in [2.45, 2.75) is 65.1 Å². The molecule has 2 unspecified atom stereocenters.